The van der Waals surface area contributed by atoms with Gasteiger partial charge in [0.25, 0.3) is 5.69 Å². The van der Waals surface area contributed by atoms with Gasteiger partial charge in [0.15, 0.2) is 0 Å². The van der Waals surface area contributed by atoms with E-state index in [1.54, 1.807) is 18.2 Å². The molecule has 142 valence electrons. The van der Waals surface area contributed by atoms with Crippen LogP contribution in [0.4, 0.5) is 10.1 Å². The molecule has 0 atom stereocenters. The minimum atomic E-state index is -0.709. The number of benzene rings is 2. The van der Waals surface area contributed by atoms with Crippen LogP contribution < -0.4 is 10.2 Å². The zero-order chi connectivity index (χ0) is 19.8. The summed E-state index contributed by atoms with van der Waals surface area (Å²) in [5, 5.41) is 11.1. The number of halogens is 1. The van der Waals surface area contributed by atoms with Gasteiger partial charge in [-0.15, -0.1) is 0 Å². The second-order valence-corrected chi connectivity index (χ2v) is 7.48. The Hall–Kier alpha value is -2.45. The van der Waals surface area contributed by atoms with Crippen molar-refractivity contribution in [3.8, 4) is 5.75 Å². The molecular weight excluding hydrogens is 352 g/mol. The van der Waals surface area contributed by atoms with E-state index in [0.717, 1.165) is 5.56 Å². The average molecular weight is 373 g/mol. The number of hydrogen-bond acceptors (Lipinski definition) is 5. The van der Waals surface area contributed by atoms with Gasteiger partial charge in [0.2, 0.25) is 0 Å². The molecule has 1 aliphatic rings. The lowest BCUT2D eigenvalue weighted by atomic mass is 9.78. The molecule has 27 heavy (non-hydrogen) atoms. The van der Waals surface area contributed by atoms with Gasteiger partial charge in [0.05, 0.1) is 22.2 Å². The highest BCUT2D eigenvalue weighted by atomic mass is 19.1. The number of nitrogens with zero attached hydrogens (tertiary/aromatic N) is 1. The summed E-state index contributed by atoms with van der Waals surface area (Å²) in [5.74, 6) is -0.0426. The molecular formula is C19H21BFNO5. The average Bonchev–Trinajstić information content (AvgIpc) is 2.81. The maximum atomic E-state index is 13.1. The van der Waals surface area contributed by atoms with Crippen molar-refractivity contribution in [2.45, 2.75) is 45.5 Å². The third-order valence-corrected chi connectivity index (χ3v) is 5.02. The SMILES string of the molecule is CC1(C)OB(c2ccc([N+](=O)[O-])cc2OCc2ccc(F)cc2)OC1(C)C. The number of nitro groups is 1. The van der Waals surface area contributed by atoms with E-state index in [2.05, 4.69) is 0 Å². The van der Waals surface area contributed by atoms with E-state index < -0.39 is 23.2 Å². The first kappa shape index (κ1) is 19.3. The largest absolute Gasteiger partial charge is 0.498 e. The number of ether oxygens (including phenoxy) is 1. The number of nitro benzene ring substituents is 1. The Morgan fingerprint density at radius 1 is 1.07 bits per heavy atom. The standard InChI is InChI=1S/C19H21BFNO5/c1-18(2)19(3,4)27-20(26-18)16-10-9-15(22(23)24)11-17(16)25-12-13-5-7-14(21)8-6-13/h5-11H,12H2,1-4H3. The fourth-order valence-electron chi connectivity index (χ4n) is 2.67. The van der Waals surface area contributed by atoms with Crippen molar-refractivity contribution in [1.29, 1.82) is 0 Å². The van der Waals surface area contributed by atoms with Crippen LogP contribution in [-0.4, -0.2) is 23.2 Å². The Morgan fingerprint density at radius 3 is 2.22 bits per heavy atom. The lowest BCUT2D eigenvalue weighted by Crippen LogP contribution is -2.41. The highest BCUT2D eigenvalue weighted by Gasteiger charge is 2.52. The molecule has 0 saturated carbocycles. The molecule has 1 heterocycles. The first-order chi connectivity index (χ1) is 12.6. The van der Waals surface area contributed by atoms with E-state index in [9.17, 15) is 14.5 Å². The van der Waals surface area contributed by atoms with Gasteiger partial charge in [-0.05, 0) is 45.4 Å². The van der Waals surface area contributed by atoms with Gasteiger partial charge in [-0.3, -0.25) is 10.1 Å². The van der Waals surface area contributed by atoms with E-state index in [1.165, 1.54) is 24.3 Å². The van der Waals surface area contributed by atoms with E-state index in [1.807, 2.05) is 27.7 Å². The fraction of sp³-hybridized carbons (Fsp3) is 0.368. The predicted molar refractivity (Wildman–Crippen MR) is 99.5 cm³/mol. The van der Waals surface area contributed by atoms with Crippen LogP contribution in [0, 0.1) is 15.9 Å². The molecule has 3 rings (SSSR count). The van der Waals surface area contributed by atoms with Gasteiger partial charge in [-0.2, -0.15) is 0 Å². The Kier molecular flexibility index (Phi) is 4.97. The summed E-state index contributed by atoms with van der Waals surface area (Å²) in [6.45, 7) is 7.84. The highest BCUT2D eigenvalue weighted by Crippen LogP contribution is 2.37. The summed E-state index contributed by atoms with van der Waals surface area (Å²) in [6.07, 6.45) is 0. The smallest absolute Gasteiger partial charge is 0.489 e. The van der Waals surface area contributed by atoms with Gasteiger partial charge in [-0.1, -0.05) is 18.2 Å². The van der Waals surface area contributed by atoms with Gasteiger partial charge in [0, 0.05) is 11.5 Å². The minimum Gasteiger partial charge on any atom is -0.489 e. The van der Waals surface area contributed by atoms with E-state index in [-0.39, 0.29) is 18.1 Å². The van der Waals surface area contributed by atoms with Crippen molar-refractivity contribution < 1.29 is 23.4 Å². The Morgan fingerprint density at radius 2 is 1.67 bits per heavy atom. The molecule has 2 aromatic carbocycles. The minimum absolute atomic E-state index is 0.0932. The molecule has 0 radical (unpaired) electrons. The highest BCUT2D eigenvalue weighted by molar-refractivity contribution is 6.63. The molecule has 8 heteroatoms. The molecule has 6 nitrogen and oxygen atoms in total. The van der Waals surface area contributed by atoms with Gasteiger partial charge in [-0.25, -0.2) is 4.39 Å². The van der Waals surface area contributed by atoms with Crippen LogP contribution in [0.1, 0.15) is 33.3 Å². The Labute approximate surface area is 157 Å². The number of hydrogen-bond donors (Lipinski definition) is 0. The second kappa shape index (κ2) is 6.94. The van der Waals surface area contributed by atoms with Crippen molar-refractivity contribution in [3.63, 3.8) is 0 Å². The molecule has 1 fully saturated rings. The quantitative estimate of drug-likeness (QED) is 0.455. The molecule has 0 aromatic heterocycles. The molecule has 0 unspecified atom stereocenters. The maximum absolute atomic E-state index is 13.1. The maximum Gasteiger partial charge on any atom is 0.498 e. The summed E-state index contributed by atoms with van der Waals surface area (Å²) in [7, 11) is -0.709. The fourth-order valence-corrected chi connectivity index (χ4v) is 2.67. The lowest BCUT2D eigenvalue weighted by molar-refractivity contribution is -0.384. The zero-order valence-electron chi connectivity index (χ0n) is 15.7. The molecule has 0 N–H and O–H groups in total. The van der Waals surface area contributed by atoms with E-state index >= 15 is 0 Å². The van der Waals surface area contributed by atoms with Crippen LogP contribution in [0.15, 0.2) is 42.5 Å². The monoisotopic (exact) mass is 373 g/mol. The zero-order valence-corrected chi connectivity index (χ0v) is 15.7. The summed E-state index contributed by atoms with van der Waals surface area (Å²) >= 11 is 0. The summed E-state index contributed by atoms with van der Waals surface area (Å²) < 4.78 is 30.9. The van der Waals surface area contributed by atoms with Crippen LogP contribution in [0.3, 0.4) is 0 Å². The molecule has 0 bridgehead atoms. The number of rotatable bonds is 5. The van der Waals surface area contributed by atoms with Gasteiger partial charge in [0.1, 0.15) is 18.2 Å². The molecule has 0 spiro atoms. The van der Waals surface area contributed by atoms with Crippen molar-refractivity contribution in [1.82, 2.24) is 0 Å². The summed E-state index contributed by atoms with van der Waals surface area (Å²) in [4.78, 5) is 10.7. The van der Waals surface area contributed by atoms with Gasteiger partial charge >= 0.3 is 7.12 Å². The topological polar surface area (TPSA) is 70.8 Å². The van der Waals surface area contributed by atoms with Crippen LogP contribution >= 0.6 is 0 Å². The Bertz CT molecular complexity index is 838. The first-order valence-corrected chi connectivity index (χ1v) is 8.60. The number of non-ortho nitro benzene ring substituents is 1. The Balaban J connectivity index is 1.89. The normalized spacial score (nSPS) is 17.7. The van der Waals surface area contributed by atoms with Crippen molar-refractivity contribution in [2.75, 3.05) is 0 Å². The summed E-state index contributed by atoms with van der Waals surface area (Å²) in [5.41, 5.74) is 0.120. The van der Waals surface area contributed by atoms with Crippen molar-refractivity contribution in [3.05, 3.63) is 64.0 Å². The van der Waals surface area contributed by atoms with Crippen molar-refractivity contribution in [2.24, 2.45) is 0 Å². The van der Waals surface area contributed by atoms with Crippen LogP contribution in [-0.2, 0) is 15.9 Å². The van der Waals surface area contributed by atoms with Crippen LogP contribution in [0.25, 0.3) is 0 Å². The lowest BCUT2D eigenvalue weighted by Gasteiger charge is -2.32. The van der Waals surface area contributed by atoms with Crippen molar-refractivity contribution >= 4 is 18.3 Å². The van der Waals surface area contributed by atoms with Gasteiger partial charge < -0.3 is 14.0 Å². The molecule has 0 aliphatic carbocycles. The third kappa shape index (κ3) is 3.96. The molecule has 0 amide bonds. The molecule has 1 saturated heterocycles. The van der Waals surface area contributed by atoms with Crippen LogP contribution in [0.5, 0.6) is 5.75 Å². The van der Waals surface area contributed by atoms with E-state index in [0.29, 0.717) is 11.2 Å². The molecule has 2 aromatic rings. The summed E-state index contributed by atoms with van der Waals surface area (Å²) in [6, 6.07) is 10.2. The predicted octanol–water partition coefficient (Wildman–Crippen LogP) is 3.61. The van der Waals surface area contributed by atoms with Crippen LogP contribution in [0.2, 0.25) is 0 Å². The molecule has 1 aliphatic heterocycles. The van der Waals surface area contributed by atoms with E-state index in [4.69, 9.17) is 14.0 Å². The first-order valence-electron chi connectivity index (χ1n) is 8.60. The third-order valence-electron chi connectivity index (χ3n) is 5.02. The second-order valence-electron chi connectivity index (χ2n) is 7.48.